The molecule has 3 rings (SSSR count). The van der Waals surface area contributed by atoms with Crippen LogP contribution in [0.25, 0.3) is 0 Å². The lowest BCUT2D eigenvalue weighted by Crippen LogP contribution is -1.99. The summed E-state index contributed by atoms with van der Waals surface area (Å²) in [7, 11) is 0. The first-order chi connectivity index (χ1) is 10.2. The van der Waals surface area contributed by atoms with E-state index in [2.05, 4.69) is 21.4 Å². The van der Waals surface area contributed by atoms with Crippen molar-refractivity contribution in [3.8, 4) is 0 Å². The first-order valence-electron chi connectivity index (χ1n) is 6.21. The number of nitrogens with zero attached hydrogens (tertiary/aromatic N) is 3. The second-order valence-electron chi connectivity index (χ2n) is 4.28. The number of benzene rings is 1. The Labute approximate surface area is 135 Å². The lowest BCUT2D eigenvalue weighted by atomic mass is 10.2. The van der Waals surface area contributed by atoms with Gasteiger partial charge in [0.25, 0.3) is 0 Å². The SMILES string of the molecule is S=c1[nH]nc(Cc2cccs2)n1/N=C\c1ccccc1Cl. The van der Waals surface area contributed by atoms with Crippen LogP contribution in [0, 0.1) is 4.77 Å². The van der Waals surface area contributed by atoms with E-state index in [0.29, 0.717) is 16.2 Å². The first kappa shape index (κ1) is 14.2. The van der Waals surface area contributed by atoms with Crippen molar-refractivity contribution in [2.75, 3.05) is 0 Å². The molecule has 4 nitrogen and oxygen atoms in total. The molecule has 21 heavy (non-hydrogen) atoms. The Morgan fingerprint density at radius 3 is 2.95 bits per heavy atom. The fourth-order valence-electron chi connectivity index (χ4n) is 1.83. The molecule has 0 saturated heterocycles. The van der Waals surface area contributed by atoms with Gasteiger partial charge in [-0.3, -0.25) is 5.10 Å². The highest BCUT2D eigenvalue weighted by molar-refractivity contribution is 7.71. The minimum atomic E-state index is 0.463. The van der Waals surface area contributed by atoms with Crippen LogP contribution in [-0.4, -0.2) is 21.1 Å². The van der Waals surface area contributed by atoms with Gasteiger partial charge in [0.15, 0.2) is 5.82 Å². The standard InChI is InChI=1S/C14H11ClN4S2/c15-12-6-2-1-4-10(12)9-16-19-13(17-18-14(19)20)8-11-5-3-7-21-11/h1-7,9H,8H2,(H,18,20)/b16-9-. The highest BCUT2D eigenvalue weighted by atomic mass is 35.5. The number of aromatic amines is 1. The van der Waals surface area contributed by atoms with Gasteiger partial charge in [-0.2, -0.15) is 14.9 Å². The van der Waals surface area contributed by atoms with Gasteiger partial charge >= 0.3 is 0 Å². The topological polar surface area (TPSA) is 46.0 Å². The molecule has 7 heteroatoms. The van der Waals surface area contributed by atoms with E-state index in [1.54, 1.807) is 22.2 Å². The molecule has 1 N–H and O–H groups in total. The third-order valence-electron chi connectivity index (χ3n) is 2.85. The maximum absolute atomic E-state index is 6.11. The summed E-state index contributed by atoms with van der Waals surface area (Å²) < 4.78 is 2.09. The summed E-state index contributed by atoms with van der Waals surface area (Å²) in [5.74, 6) is 0.769. The van der Waals surface area contributed by atoms with Gasteiger partial charge < -0.3 is 0 Å². The van der Waals surface area contributed by atoms with E-state index in [0.717, 1.165) is 11.4 Å². The second kappa shape index (κ2) is 6.34. The van der Waals surface area contributed by atoms with Crippen molar-refractivity contribution in [1.29, 1.82) is 0 Å². The van der Waals surface area contributed by atoms with E-state index < -0.39 is 0 Å². The summed E-state index contributed by atoms with van der Waals surface area (Å²) in [5.41, 5.74) is 0.837. The minimum Gasteiger partial charge on any atom is -0.250 e. The largest absolute Gasteiger partial charge is 0.250 e. The van der Waals surface area contributed by atoms with Gasteiger partial charge in [-0.05, 0) is 29.7 Å². The summed E-state index contributed by atoms with van der Waals surface area (Å²) in [5, 5.41) is 14.1. The van der Waals surface area contributed by atoms with Gasteiger partial charge in [-0.25, -0.2) is 0 Å². The molecule has 0 fully saturated rings. The number of halogens is 1. The quantitative estimate of drug-likeness (QED) is 0.576. The number of rotatable bonds is 4. The molecule has 2 aromatic heterocycles. The molecule has 0 spiro atoms. The highest BCUT2D eigenvalue weighted by Gasteiger charge is 2.07. The van der Waals surface area contributed by atoms with Crippen LogP contribution in [0.5, 0.6) is 0 Å². The average Bonchev–Trinajstić information content (AvgIpc) is 3.10. The van der Waals surface area contributed by atoms with Crippen molar-refractivity contribution in [2.24, 2.45) is 5.10 Å². The maximum atomic E-state index is 6.11. The summed E-state index contributed by atoms with van der Waals surface area (Å²) >= 11 is 13.0. The van der Waals surface area contributed by atoms with Crippen molar-refractivity contribution >= 4 is 41.4 Å². The molecule has 0 unspecified atom stereocenters. The molecule has 0 bridgehead atoms. The molecule has 0 amide bonds. The molecule has 106 valence electrons. The van der Waals surface area contributed by atoms with Crippen LogP contribution >= 0.6 is 35.2 Å². The van der Waals surface area contributed by atoms with Gasteiger partial charge in [0.2, 0.25) is 4.77 Å². The monoisotopic (exact) mass is 334 g/mol. The Bertz CT molecular complexity index is 818. The third-order valence-corrected chi connectivity index (χ3v) is 4.33. The Morgan fingerprint density at radius 1 is 1.33 bits per heavy atom. The number of hydrogen-bond donors (Lipinski definition) is 1. The number of aromatic nitrogens is 3. The summed E-state index contributed by atoms with van der Waals surface area (Å²) in [6.45, 7) is 0. The zero-order chi connectivity index (χ0) is 14.7. The molecule has 0 aliphatic carbocycles. The number of thiophene rings is 1. The molecule has 0 aliphatic rings. The molecule has 0 saturated carbocycles. The molecular formula is C14H11ClN4S2. The van der Waals surface area contributed by atoms with Crippen molar-refractivity contribution in [1.82, 2.24) is 14.9 Å². The average molecular weight is 335 g/mol. The zero-order valence-corrected chi connectivity index (χ0v) is 13.3. The van der Waals surface area contributed by atoms with Gasteiger partial charge in [0.1, 0.15) is 0 Å². The summed E-state index contributed by atoms with van der Waals surface area (Å²) in [6.07, 6.45) is 2.37. The smallest absolute Gasteiger partial charge is 0.216 e. The highest BCUT2D eigenvalue weighted by Crippen LogP contribution is 2.15. The van der Waals surface area contributed by atoms with Gasteiger partial charge in [0, 0.05) is 21.9 Å². The van der Waals surface area contributed by atoms with Crippen LogP contribution in [0.4, 0.5) is 0 Å². The van der Waals surface area contributed by atoms with Gasteiger partial charge in [-0.15, -0.1) is 11.3 Å². The fourth-order valence-corrected chi connectivity index (χ4v) is 2.91. The Morgan fingerprint density at radius 2 is 2.19 bits per heavy atom. The second-order valence-corrected chi connectivity index (χ2v) is 6.11. The Hall–Kier alpha value is -1.76. The zero-order valence-electron chi connectivity index (χ0n) is 10.9. The summed E-state index contributed by atoms with van der Waals surface area (Å²) in [4.78, 5) is 1.21. The van der Waals surface area contributed by atoms with E-state index in [1.165, 1.54) is 4.88 Å². The molecule has 0 atom stereocenters. The Balaban J connectivity index is 1.90. The summed E-state index contributed by atoms with van der Waals surface area (Å²) in [6, 6.07) is 11.6. The predicted octanol–water partition coefficient (Wildman–Crippen LogP) is 4.13. The van der Waals surface area contributed by atoms with Crippen LogP contribution in [0.2, 0.25) is 5.02 Å². The van der Waals surface area contributed by atoms with Crippen LogP contribution in [0.3, 0.4) is 0 Å². The van der Waals surface area contributed by atoms with Crippen molar-refractivity contribution in [3.05, 3.63) is 67.8 Å². The molecule has 0 radical (unpaired) electrons. The van der Waals surface area contributed by atoms with Crippen LogP contribution in [0.15, 0.2) is 46.9 Å². The fraction of sp³-hybridized carbons (Fsp3) is 0.0714. The van der Waals surface area contributed by atoms with Crippen molar-refractivity contribution < 1.29 is 0 Å². The van der Waals surface area contributed by atoms with Crippen LogP contribution in [-0.2, 0) is 6.42 Å². The maximum Gasteiger partial charge on any atom is 0.216 e. The van der Waals surface area contributed by atoms with Crippen LogP contribution < -0.4 is 0 Å². The van der Waals surface area contributed by atoms with Gasteiger partial charge in [-0.1, -0.05) is 35.9 Å². The number of hydrogen-bond acceptors (Lipinski definition) is 4. The van der Waals surface area contributed by atoms with Crippen molar-refractivity contribution in [3.63, 3.8) is 0 Å². The minimum absolute atomic E-state index is 0.463. The van der Waals surface area contributed by atoms with E-state index in [4.69, 9.17) is 23.8 Å². The van der Waals surface area contributed by atoms with Crippen LogP contribution in [0.1, 0.15) is 16.3 Å². The van der Waals surface area contributed by atoms with Crippen molar-refractivity contribution in [2.45, 2.75) is 6.42 Å². The van der Waals surface area contributed by atoms with E-state index in [-0.39, 0.29) is 0 Å². The van der Waals surface area contributed by atoms with Gasteiger partial charge in [0.05, 0.1) is 6.21 Å². The van der Waals surface area contributed by atoms with E-state index in [1.807, 2.05) is 35.7 Å². The Kier molecular flexibility index (Phi) is 4.28. The third kappa shape index (κ3) is 3.29. The first-order valence-corrected chi connectivity index (χ1v) is 7.88. The normalized spacial score (nSPS) is 11.3. The van der Waals surface area contributed by atoms with E-state index >= 15 is 0 Å². The predicted molar refractivity (Wildman–Crippen MR) is 89.0 cm³/mol. The number of H-pyrrole nitrogens is 1. The lowest BCUT2D eigenvalue weighted by molar-refractivity contribution is 0.795. The molecule has 0 aliphatic heterocycles. The number of nitrogens with one attached hydrogen (secondary N) is 1. The molecule has 2 heterocycles. The molecule has 1 aromatic carbocycles. The molecule has 3 aromatic rings. The lowest BCUT2D eigenvalue weighted by Gasteiger charge is -2.00. The molecular weight excluding hydrogens is 324 g/mol. The van der Waals surface area contributed by atoms with E-state index in [9.17, 15) is 0 Å².